The van der Waals surface area contributed by atoms with E-state index in [0.29, 0.717) is 6.54 Å². The first kappa shape index (κ1) is 24.2. The molecule has 2 N–H and O–H groups in total. The molecule has 0 saturated carbocycles. The Kier molecular flexibility index (Phi) is 12.7. The summed E-state index contributed by atoms with van der Waals surface area (Å²) in [6.45, 7) is 11.2. The topological polar surface area (TPSA) is 48.9 Å². The lowest BCUT2D eigenvalue weighted by Gasteiger charge is -2.30. The van der Waals surface area contributed by atoms with Gasteiger partial charge >= 0.3 is 0 Å². The third-order valence-corrected chi connectivity index (χ3v) is 4.75. The molecule has 0 radical (unpaired) electrons. The van der Waals surface area contributed by atoms with E-state index >= 15 is 0 Å². The minimum absolute atomic E-state index is 0. The van der Waals surface area contributed by atoms with Crippen molar-refractivity contribution in [3.05, 3.63) is 35.4 Å². The van der Waals surface area contributed by atoms with Gasteiger partial charge in [-0.3, -0.25) is 4.90 Å². The van der Waals surface area contributed by atoms with Gasteiger partial charge in [0.05, 0.1) is 6.54 Å². The molecule has 1 aliphatic rings. The molecule has 154 valence electrons. The van der Waals surface area contributed by atoms with E-state index in [1.807, 2.05) is 0 Å². The summed E-state index contributed by atoms with van der Waals surface area (Å²) in [5.41, 5.74) is 2.64. The van der Waals surface area contributed by atoms with Crippen LogP contribution in [0.2, 0.25) is 0 Å². The van der Waals surface area contributed by atoms with Crippen molar-refractivity contribution in [2.24, 2.45) is 10.9 Å². The molecule has 0 bridgehead atoms. The number of benzene rings is 1. The second-order valence-electron chi connectivity index (χ2n) is 7.27. The minimum Gasteiger partial charge on any atom is -0.385 e. The number of methoxy groups -OCH3 is 1. The molecule has 1 aromatic carbocycles. The van der Waals surface area contributed by atoms with Gasteiger partial charge in [-0.15, -0.1) is 24.0 Å². The number of ether oxygens (including phenoxy) is 1. The van der Waals surface area contributed by atoms with Crippen LogP contribution in [0.4, 0.5) is 0 Å². The normalized spacial score (nSPS) is 18.0. The van der Waals surface area contributed by atoms with Crippen molar-refractivity contribution in [1.29, 1.82) is 0 Å². The summed E-state index contributed by atoms with van der Waals surface area (Å²) in [6, 6.07) is 8.92. The van der Waals surface area contributed by atoms with Crippen molar-refractivity contribution in [2.75, 3.05) is 39.9 Å². The van der Waals surface area contributed by atoms with Crippen molar-refractivity contribution < 1.29 is 4.74 Å². The van der Waals surface area contributed by atoms with Gasteiger partial charge in [0.25, 0.3) is 0 Å². The maximum atomic E-state index is 5.08. The van der Waals surface area contributed by atoms with Crippen molar-refractivity contribution in [3.63, 3.8) is 0 Å². The Hall–Kier alpha value is -0.860. The van der Waals surface area contributed by atoms with Gasteiger partial charge in [-0.2, -0.15) is 0 Å². The molecule has 5 nitrogen and oxygen atoms in total. The molecule has 0 amide bonds. The molecule has 0 aromatic heterocycles. The first-order chi connectivity index (χ1) is 12.7. The average molecular weight is 488 g/mol. The van der Waals surface area contributed by atoms with E-state index in [1.54, 1.807) is 7.11 Å². The Balaban J connectivity index is 0.00000364. The number of guanidine groups is 1. The summed E-state index contributed by atoms with van der Waals surface area (Å²) in [5, 5.41) is 6.64. The first-order valence-electron chi connectivity index (χ1n) is 10.0. The molecule has 1 aromatic rings. The lowest BCUT2D eigenvalue weighted by atomic mass is 9.99. The number of hydrogen-bond acceptors (Lipinski definition) is 3. The Labute approximate surface area is 182 Å². The fraction of sp³-hybridized carbons (Fsp3) is 0.667. The summed E-state index contributed by atoms with van der Waals surface area (Å²) in [5.74, 6) is 1.70. The zero-order valence-corrected chi connectivity index (χ0v) is 19.5. The number of piperidine rings is 1. The van der Waals surface area contributed by atoms with Crippen molar-refractivity contribution in [3.8, 4) is 0 Å². The molecule has 6 heteroatoms. The van der Waals surface area contributed by atoms with Crippen LogP contribution in [0.5, 0.6) is 0 Å². The average Bonchev–Trinajstić information content (AvgIpc) is 2.64. The lowest BCUT2D eigenvalue weighted by Crippen LogP contribution is -2.38. The van der Waals surface area contributed by atoms with Crippen LogP contribution in [0, 0.1) is 5.92 Å². The quantitative estimate of drug-likeness (QED) is 0.241. The molecule has 0 aliphatic carbocycles. The number of halogens is 1. The highest BCUT2D eigenvalue weighted by Crippen LogP contribution is 2.18. The molecule has 27 heavy (non-hydrogen) atoms. The summed E-state index contributed by atoms with van der Waals surface area (Å²) < 4.78 is 5.08. The van der Waals surface area contributed by atoms with Crippen LogP contribution < -0.4 is 10.6 Å². The molecular weight excluding hydrogens is 451 g/mol. The second-order valence-corrected chi connectivity index (χ2v) is 7.27. The number of nitrogens with zero attached hydrogens (tertiary/aromatic N) is 2. The largest absolute Gasteiger partial charge is 0.385 e. The van der Waals surface area contributed by atoms with Crippen LogP contribution in [-0.2, 0) is 17.8 Å². The molecule has 2 rings (SSSR count). The highest BCUT2D eigenvalue weighted by Gasteiger charge is 2.15. The number of nitrogens with one attached hydrogen (secondary N) is 2. The maximum absolute atomic E-state index is 5.08. The van der Waals surface area contributed by atoms with Gasteiger partial charge in [0, 0.05) is 39.9 Å². The molecule has 1 fully saturated rings. The summed E-state index contributed by atoms with van der Waals surface area (Å²) in [6.07, 6.45) is 3.68. The first-order valence-corrected chi connectivity index (χ1v) is 10.0. The Bertz CT molecular complexity index is 535. The fourth-order valence-electron chi connectivity index (χ4n) is 3.37. The van der Waals surface area contributed by atoms with Crippen molar-refractivity contribution in [1.82, 2.24) is 15.5 Å². The summed E-state index contributed by atoms with van der Waals surface area (Å²) in [4.78, 5) is 7.26. The molecular formula is C21H37IN4O. The van der Waals surface area contributed by atoms with Gasteiger partial charge in [0.15, 0.2) is 5.96 Å². The smallest absolute Gasteiger partial charge is 0.191 e. The molecule has 1 unspecified atom stereocenters. The maximum Gasteiger partial charge on any atom is 0.191 e. The molecule has 1 saturated heterocycles. The van der Waals surface area contributed by atoms with Crippen LogP contribution in [0.25, 0.3) is 0 Å². The van der Waals surface area contributed by atoms with Crippen LogP contribution in [0.1, 0.15) is 44.2 Å². The van der Waals surface area contributed by atoms with E-state index < -0.39 is 0 Å². The van der Waals surface area contributed by atoms with E-state index in [1.165, 1.54) is 37.1 Å². The predicted octanol–water partition coefficient (Wildman–Crippen LogP) is 3.63. The zero-order chi connectivity index (χ0) is 18.6. The molecule has 0 spiro atoms. The SMILES string of the molecule is CCNC(=NCc1ccc(CN2CCCC(C)C2)cc1)NCCCOC.I. The van der Waals surface area contributed by atoms with Crippen molar-refractivity contribution >= 4 is 29.9 Å². The van der Waals surface area contributed by atoms with Crippen molar-refractivity contribution in [2.45, 2.75) is 46.2 Å². The second kappa shape index (κ2) is 14.2. The van der Waals surface area contributed by atoms with E-state index in [0.717, 1.165) is 44.5 Å². The number of likely N-dealkylation sites (tertiary alicyclic amines) is 1. The third kappa shape index (κ3) is 9.76. The van der Waals surface area contributed by atoms with Gasteiger partial charge in [0.1, 0.15) is 0 Å². The van der Waals surface area contributed by atoms with Gasteiger partial charge in [-0.25, -0.2) is 4.99 Å². The highest BCUT2D eigenvalue weighted by molar-refractivity contribution is 14.0. The standard InChI is InChI=1S/C21H36N4O.HI/c1-4-22-21(23-12-6-14-26-3)24-15-19-8-10-20(11-9-19)17-25-13-5-7-18(2)16-25;/h8-11,18H,4-7,12-17H2,1-3H3,(H2,22,23,24);1H. The van der Waals surface area contributed by atoms with Crippen LogP contribution in [0.3, 0.4) is 0 Å². The monoisotopic (exact) mass is 488 g/mol. The molecule has 1 heterocycles. The zero-order valence-electron chi connectivity index (χ0n) is 17.2. The van der Waals surface area contributed by atoms with E-state index in [-0.39, 0.29) is 24.0 Å². The Morgan fingerprint density at radius 1 is 1.22 bits per heavy atom. The number of aliphatic imine (C=N–C) groups is 1. The van der Waals surface area contributed by atoms with E-state index in [4.69, 9.17) is 4.74 Å². The van der Waals surface area contributed by atoms with Gasteiger partial charge in [-0.05, 0) is 49.8 Å². The Morgan fingerprint density at radius 3 is 2.63 bits per heavy atom. The number of hydrogen-bond donors (Lipinski definition) is 2. The van der Waals surface area contributed by atoms with Gasteiger partial charge in [0.2, 0.25) is 0 Å². The predicted molar refractivity (Wildman–Crippen MR) is 125 cm³/mol. The lowest BCUT2D eigenvalue weighted by molar-refractivity contribution is 0.176. The molecule has 1 atom stereocenters. The minimum atomic E-state index is 0. The van der Waals surface area contributed by atoms with Crippen LogP contribution >= 0.6 is 24.0 Å². The summed E-state index contributed by atoms with van der Waals surface area (Å²) in [7, 11) is 1.73. The van der Waals surface area contributed by atoms with Gasteiger partial charge < -0.3 is 15.4 Å². The Morgan fingerprint density at radius 2 is 1.96 bits per heavy atom. The highest BCUT2D eigenvalue weighted by atomic mass is 127. The third-order valence-electron chi connectivity index (χ3n) is 4.75. The van der Waals surface area contributed by atoms with E-state index in [9.17, 15) is 0 Å². The van der Waals surface area contributed by atoms with Crippen LogP contribution in [-0.4, -0.2) is 50.8 Å². The summed E-state index contributed by atoms with van der Waals surface area (Å²) >= 11 is 0. The van der Waals surface area contributed by atoms with Gasteiger partial charge in [-0.1, -0.05) is 31.2 Å². The fourth-order valence-corrected chi connectivity index (χ4v) is 3.37. The number of rotatable bonds is 9. The van der Waals surface area contributed by atoms with Crippen LogP contribution in [0.15, 0.2) is 29.3 Å². The van der Waals surface area contributed by atoms with E-state index in [2.05, 4.69) is 58.6 Å². The molecule has 1 aliphatic heterocycles.